The molecular weight excluding hydrogens is 337 g/mol. The van der Waals surface area contributed by atoms with Crippen LogP contribution >= 0.6 is 11.3 Å². The van der Waals surface area contributed by atoms with E-state index in [-0.39, 0.29) is 11.9 Å². The minimum atomic E-state index is -0.225. The lowest BCUT2D eigenvalue weighted by Gasteiger charge is -2.27. The minimum absolute atomic E-state index is 0.0531. The third kappa shape index (κ3) is 3.12. The van der Waals surface area contributed by atoms with E-state index in [1.54, 1.807) is 30.4 Å². The molecule has 0 N–H and O–H groups in total. The molecule has 0 amide bonds. The third-order valence-corrected chi connectivity index (χ3v) is 5.85. The van der Waals surface area contributed by atoms with E-state index in [0.29, 0.717) is 23.3 Å². The largest absolute Gasteiger partial charge is 0.337 e. The van der Waals surface area contributed by atoms with E-state index in [0.717, 1.165) is 18.5 Å². The monoisotopic (exact) mass is 357 g/mol. The molecule has 2 unspecified atom stereocenters. The van der Waals surface area contributed by atoms with Crippen LogP contribution in [0.5, 0.6) is 0 Å². The van der Waals surface area contributed by atoms with Gasteiger partial charge in [-0.25, -0.2) is 4.39 Å². The molecule has 3 heterocycles. The Labute approximate surface area is 150 Å². The van der Waals surface area contributed by atoms with Crippen LogP contribution in [0, 0.1) is 12.7 Å². The molecule has 25 heavy (non-hydrogen) atoms. The van der Waals surface area contributed by atoms with Gasteiger partial charge in [0.1, 0.15) is 5.82 Å². The summed E-state index contributed by atoms with van der Waals surface area (Å²) in [6, 6.07) is 9.64. The summed E-state index contributed by atoms with van der Waals surface area (Å²) in [4.78, 5) is 8.39. The summed E-state index contributed by atoms with van der Waals surface area (Å²) in [6.45, 7) is 4.87. The van der Waals surface area contributed by atoms with Gasteiger partial charge in [0.2, 0.25) is 11.7 Å². The fourth-order valence-corrected chi connectivity index (χ4v) is 4.37. The van der Waals surface area contributed by atoms with Gasteiger partial charge < -0.3 is 4.52 Å². The Morgan fingerprint density at radius 1 is 1.36 bits per heavy atom. The van der Waals surface area contributed by atoms with Crippen LogP contribution in [-0.4, -0.2) is 21.6 Å². The highest BCUT2D eigenvalue weighted by Gasteiger charge is 2.33. The molecule has 0 radical (unpaired) electrons. The first-order valence-electron chi connectivity index (χ1n) is 8.53. The summed E-state index contributed by atoms with van der Waals surface area (Å²) in [5.74, 6) is 0.897. The van der Waals surface area contributed by atoms with Gasteiger partial charge in [0.05, 0.1) is 6.04 Å². The number of rotatable bonds is 4. The van der Waals surface area contributed by atoms with E-state index in [1.807, 2.05) is 0 Å². The average Bonchev–Trinajstić information content (AvgIpc) is 3.36. The predicted molar refractivity (Wildman–Crippen MR) is 95.8 cm³/mol. The van der Waals surface area contributed by atoms with Gasteiger partial charge >= 0.3 is 0 Å². The first-order chi connectivity index (χ1) is 12.1. The lowest BCUT2D eigenvalue weighted by atomic mass is 10.1. The Kier molecular flexibility index (Phi) is 4.39. The van der Waals surface area contributed by atoms with Crippen molar-refractivity contribution in [1.29, 1.82) is 0 Å². The number of aryl methyl sites for hydroxylation is 1. The molecule has 0 bridgehead atoms. The van der Waals surface area contributed by atoms with E-state index < -0.39 is 0 Å². The smallest absolute Gasteiger partial charge is 0.244 e. The number of benzene rings is 1. The van der Waals surface area contributed by atoms with Crippen LogP contribution < -0.4 is 0 Å². The van der Waals surface area contributed by atoms with Crippen LogP contribution in [0.1, 0.15) is 48.2 Å². The van der Waals surface area contributed by atoms with Gasteiger partial charge in [0, 0.05) is 16.5 Å². The van der Waals surface area contributed by atoms with Crippen LogP contribution in [-0.2, 0) is 0 Å². The number of nitrogens with zero attached hydrogens (tertiary/aromatic N) is 3. The number of halogens is 1. The van der Waals surface area contributed by atoms with Crippen LogP contribution in [0.3, 0.4) is 0 Å². The Bertz CT molecular complexity index is 861. The van der Waals surface area contributed by atoms with Crippen molar-refractivity contribution >= 4 is 11.3 Å². The van der Waals surface area contributed by atoms with E-state index in [1.165, 1.54) is 17.4 Å². The van der Waals surface area contributed by atoms with Crippen LogP contribution in [0.15, 0.2) is 40.2 Å². The number of hydrogen-bond donors (Lipinski definition) is 0. The lowest BCUT2D eigenvalue weighted by molar-refractivity contribution is 0.161. The zero-order valence-corrected chi connectivity index (χ0v) is 15.1. The van der Waals surface area contributed by atoms with Crippen molar-refractivity contribution < 1.29 is 8.91 Å². The Balaban J connectivity index is 1.58. The van der Waals surface area contributed by atoms with E-state index in [4.69, 9.17) is 4.52 Å². The van der Waals surface area contributed by atoms with Crippen LogP contribution in [0.25, 0.3) is 11.4 Å². The molecule has 0 saturated carbocycles. The topological polar surface area (TPSA) is 42.2 Å². The molecule has 4 rings (SSSR count). The van der Waals surface area contributed by atoms with Crippen molar-refractivity contribution in [3.63, 3.8) is 0 Å². The van der Waals surface area contributed by atoms with Crippen molar-refractivity contribution in [2.45, 2.75) is 38.8 Å². The maximum Gasteiger partial charge on any atom is 0.244 e. The van der Waals surface area contributed by atoms with Gasteiger partial charge in [0.25, 0.3) is 0 Å². The molecular formula is C19H20FN3OS. The number of thiophene rings is 1. The first kappa shape index (κ1) is 16.4. The van der Waals surface area contributed by atoms with Crippen molar-refractivity contribution in [2.75, 3.05) is 6.54 Å². The fourth-order valence-electron chi connectivity index (χ4n) is 3.49. The van der Waals surface area contributed by atoms with E-state index in [2.05, 4.69) is 39.5 Å². The zero-order chi connectivity index (χ0) is 17.4. The molecule has 0 aliphatic carbocycles. The fraction of sp³-hybridized carbons (Fsp3) is 0.368. The highest BCUT2D eigenvalue weighted by atomic mass is 32.1. The second-order valence-corrected chi connectivity index (χ2v) is 7.49. The number of likely N-dealkylation sites (tertiary alicyclic amines) is 1. The molecule has 2 aromatic heterocycles. The molecule has 1 saturated heterocycles. The van der Waals surface area contributed by atoms with Crippen LogP contribution in [0.2, 0.25) is 0 Å². The summed E-state index contributed by atoms with van der Waals surface area (Å²) >= 11 is 1.80. The van der Waals surface area contributed by atoms with E-state index in [9.17, 15) is 4.39 Å². The molecule has 2 atom stereocenters. The summed E-state index contributed by atoms with van der Waals surface area (Å²) in [7, 11) is 0. The Morgan fingerprint density at radius 3 is 3.00 bits per heavy atom. The van der Waals surface area contributed by atoms with Gasteiger partial charge in [0.15, 0.2) is 0 Å². The van der Waals surface area contributed by atoms with Gasteiger partial charge in [-0.15, -0.1) is 11.3 Å². The molecule has 0 spiro atoms. The van der Waals surface area contributed by atoms with Gasteiger partial charge in [-0.2, -0.15) is 4.98 Å². The third-order valence-electron chi connectivity index (χ3n) is 4.88. The van der Waals surface area contributed by atoms with Gasteiger partial charge in [-0.1, -0.05) is 11.2 Å². The van der Waals surface area contributed by atoms with Gasteiger partial charge in [-0.3, -0.25) is 4.90 Å². The summed E-state index contributed by atoms with van der Waals surface area (Å²) < 4.78 is 19.0. The molecule has 1 aliphatic heterocycles. The summed E-state index contributed by atoms with van der Waals surface area (Å²) in [5.41, 5.74) is 1.35. The quantitative estimate of drug-likeness (QED) is 0.648. The van der Waals surface area contributed by atoms with Crippen molar-refractivity contribution in [2.24, 2.45) is 0 Å². The maximum absolute atomic E-state index is 13.5. The SMILES string of the molecule is Cc1cc(-c2noc(C(C)N3CCCC3c3cccs3)n2)ccc1F. The molecule has 1 fully saturated rings. The first-order valence-corrected chi connectivity index (χ1v) is 9.40. The van der Waals surface area contributed by atoms with Gasteiger partial charge in [-0.05, 0) is 68.4 Å². The van der Waals surface area contributed by atoms with Crippen molar-refractivity contribution in [3.8, 4) is 11.4 Å². The highest BCUT2D eigenvalue weighted by Crippen LogP contribution is 2.40. The number of hydrogen-bond acceptors (Lipinski definition) is 5. The molecule has 6 heteroatoms. The molecule has 4 nitrogen and oxygen atoms in total. The highest BCUT2D eigenvalue weighted by molar-refractivity contribution is 7.10. The Hall–Kier alpha value is -2.05. The predicted octanol–water partition coefficient (Wildman–Crippen LogP) is 5.14. The average molecular weight is 357 g/mol. The summed E-state index contributed by atoms with van der Waals surface area (Å²) in [6.07, 6.45) is 2.33. The minimum Gasteiger partial charge on any atom is -0.337 e. The molecule has 130 valence electrons. The molecule has 1 aliphatic rings. The summed E-state index contributed by atoms with van der Waals surface area (Å²) in [5, 5.41) is 6.23. The second kappa shape index (κ2) is 6.69. The lowest BCUT2D eigenvalue weighted by Crippen LogP contribution is -2.26. The van der Waals surface area contributed by atoms with E-state index >= 15 is 0 Å². The number of aromatic nitrogens is 2. The second-order valence-electron chi connectivity index (χ2n) is 6.51. The van der Waals surface area contributed by atoms with Crippen molar-refractivity contribution in [1.82, 2.24) is 15.0 Å². The van der Waals surface area contributed by atoms with Crippen LogP contribution in [0.4, 0.5) is 4.39 Å². The normalized spacial score (nSPS) is 19.4. The molecule has 3 aromatic rings. The van der Waals surface area contributed by atoms with Crippen molar-refractivity contribution in [3.05, 3.63) is 57.9 Å². The Morgan fingerprint density at radius 2 is 2.24 bits per heavy atom. The molecule has 1 aromatic carbocycles. The zero-order valence-electron chi connectivity index (χ0n) is 14.3. The maximum atomic E-state index is 13.5. The standard InChI is InChI=1S/C19H20FN3OS/c1-12-11-14(7-8-15(12)20)18-21-19(24-22-18)13(2)23-9-3-5-16(23)17-6-4-10-25-17/h4,6-8,10-11,13,16H,3,5,9H2,1-2H3.